The molecule has 0 aromatic rings. The molecule has 3 saturated heterocycles. The molecule has 0 bridgehead atoms. The van der Waals surface area contributed by atoms with Crippen molar-refractivity contribution in [3.8, 4) is 0 Å². The zero-order valence-corrected chi connectivity index (χ0v) is 13.1. The van der Waals surface area contributed by atoms with Crippen LogP contribution in [-0.2, 0) is 9.53 Å². The Kier molecular flexibility index (Phi) is 5.14. The highest BCUT2D eigenvalue weighted by Crippen LogP contribution is 2.39. The highest BCUT2D eigenvalue weighted by molar-refractivity contribution is 5.76. The van der Waals surface area contributed by atoms with E-state index in [0.717, 1.165) is 59.0 Å². The highest BCUT2D eigenvalue weighted by Gasteiger charge is 2.36. The van der Waals surface area contributed by atoms with Crippen molar-refractivity contribution in [1.82, 2.24) is 15.1 Å². The van der Waals surface area contributed by atoms with Gasteiger partial charge in [-0.25, -0.2) is 0 Å². The van der Waals surface area contributed by atoms with E-state index >= 15 is 0 Å². The molecule has 120 valence electrons. The summed E-state index contributed by atoms with van der Waals surface area (Å²) in [6, 6.07) is 0. The van der Waals surface area contributed by atoms with Crippen LogP contribution in [0.1, 0.15) is 32.1 Å². The van der Waals surface area contributed by atoms with Crippen LogP contribution in [0.5, 0.6) is 0 Å². The second-order valence-electron chi connectivity index (χ2n) is 6.83. The van der Waals surface area contributed by atoms with Crippen molar-refractivity contribution >= 4 is 5.91 Å². The quantitative estimate of drug-likeness (QED) is 0.832. The van der Waals surface area contributed by atoms with E-state index in [0.29, 0.717) is 17.7 Å². The molecule has 0 atom stereocenters. The van der Waals surface area contributed by atoms with Crippen LogP contribution in [0.25, 0.3) is 0 Å². The third-order valence-corrected chi connectivity index (χ3v) is 5.59. The summed E-state index contributed by atoms with van der Waals surface area (Å²) in [7, 11) is 0. The summed E-state index contributed by atoms with van der Waals surface area (Å²) < 4.78 is 5.34. The molecule has 1 N–H and O–H groups in total. The standard InChI is InChI=1S/C16H29N3O2/c20-15(1-8-18-11-13-21-14-12-18)19-9-4-16(5-10-19)2-6-17-7-3-16/h17H,1-14H2. The number of nitrogens with zero attached hydrogens (tertiary/aromatic N) is 2. The van der Waals surface area contributed by atoms with Crippen LogP contribution in [0.3, 0.4) is 0 Å². The number of amides is 1. The van der Waals surface area contributed by atoms with Crippen molar-refractivity contribution in [2.24, 2.45) is 5.41 Å². The molecule has 0 unspecified atom stereocenters. The number of likely N-dealkylation sites (tertiary alicyclic amines) is 1. The minimum Gasteiger partial charge on any atom is -0.379 e. The number of rotatable bonds is 3. The van der Waals surface area contributed by atoms with E-state index in [1.165, 1.54) is 25.7 Å². The molecule has 0 aromatic carbocycles. The fourth-order valence-electron chi connectivity index (χ4n) is 3.92. The van der Waals surface area contributed by atoms with Gasteiger partial charge in [-0.1, -0.05) is 0 Å². The number of morpholine rings is 1. The van der Waals surface area contributed by atoms with Crippen LogP contribution in [0, 0.1) is 5.41 Å². The maximum absolute atomic E-state index is 12.4. The first-order valence-corrected chi connectivity index (χ1v) is 8.56. The van der Waals surface area contributed by atoms with Gasteiger partial charge in [0.05, 0.1) is 13.2 Å². The molecule has 1 spiro atoms. The lowest BCUT2D eigenvalue weighted by Crippen LogP contribution is -2.48. The Morgan fingerprint density at radius 3 is 2.33 bits per heavy atom. The SMILES string of the molecule is O=C(CCN1CCOCC1)N1CCC2(CCNCC2)CC1. The van der Waals surface area contributed by atoms with Gasteiger partial charge >= 0.3 is 0 Å². The van der Waals surface area contributed by atoms with Gasteiger partial charge in [-0.15, -0.1) is 0 Å². The molecule has 0 radical (unpaired) electrons. The average Bonchev–Trinajstić information content (AvgIpc) is 2.55. The smallest absolute Gasteiger partial charge is 0.223 e. The maximum atomic E-state index is 12.4. The average molecular weight is 295 g/mol. The van der Waals surface area contributed by atoms with Gasteiger partial charge < -0.3 is 15.0 Å². The number of carbonyl (C=O) groups is 1. The molecular formula is C16H29N3O2. The van der Waals surface area contributed by atoms with E-state index in [1.54, 1.807) is 0 Å². The fourth-order valence-corrected chi connectivity index (χ4v) is 3.92. The largest absolute Gasteiger partial charge is 0.379 e. The van der Waals surface area contributed by atoms with Crippen molar-refractivity contribution in [2.75, 3.05) is 59.0 Å². The van der Waals surface area contributed by atoms with Gasteiger partial charge in [-0.05, 0) is 44.2 Å². The summed E-state index contributed by atoms with van der Waals surface area (Å²) in [6.07, 6.45) is 5.68. The zero-order chi connectivity index (χ0) is 14.5. The van der Waals surface area contributed by atoms with Gasteiger partial charge in [-0.2, -0.15) is 0 Å². The van der Waals surface area contributed by atoms with Gasteiger partial charge in [0, 0.05) is 39.1 Å². The fraction of sp³-hybridized carbons (Fsp3) is 0.938. The lowest BCUT2D eigenvalue weighted by atomic mass is 9.71. The lowest BCUT2D eigenvalue weighted by molar-refractivity contribution is -0.134. The third kappa shape index (κ3) is 3.96. The molecule has 0 saturated carbocycles. The first kappa shape index (κ1) is 15.3. The molecule has 3 fully saturated rings. The van der Waals surface area contributed by atoms with Crippen molar-refractivity contribution < 1.29 is 9.53 Å². The van der Waals surface area contributed by atoms with E-state index in [2.05, 4.69) is 15.1 Å². The monoisotopic (exact) mass is 295 g/mol. The Morgan fingerprint density at radius 1 is 1.00 bits per heavy atom. The Hall–Kier alpha value is -0.650. The van der Waals surface area contributed by atoms with E-state index in [9.17, 15) is 4.79 Å². The van der Waals surface area contributed by atoms with Crippen molar-refractivity contribution in [3.63, 3.8) is 0 Å². The van der Waals surface area contributed by atoms with E-state index < -0.39 is 0 Å². The van der Waals surface area contributed by atoms with Gasteiger partial charge in [0.25, 0.3) is 0 Å². The first-order valence-electron chi connectivity index (χ1n) is 8.56. The Balaban J connectivity index is 1.40. The molecule has 0 aromatic heterocycles. The van der Waals surface area contributed by atoms with Gasteiger partial charge in [0.2, 0.25) is 5.91 Å². The molecule has 21 heavy (non-hydrogen) atoms. The highest BCUT2D eigenvalue weighted by atomic mass is 16.5. The van der Waals surface area contributed by atoms with E-state index in [1.807, 2.05) is 0 Å². The van der Waals surface area contributed by atoms with Crippen LogP contribution in [0.4, 0.5) is 0 Å². The minimum atomic E-state index is 0.352. The molecule has 3 rings (SSSR count). The first-order chi connectivity index (χ1) is 10.3. The van der Waals surface area contributed by atoms with Crippen LogP contribution >= 0.6 is 0 Å². The van der Waals surface area contributed by atoms with Gasteiger partial charge in [0.1, 0.15) is 0 Å². The summed E-state index contributed by atoms with van der Waals surface area (Å²) in [4.78, 5) is 16.8. The topological polar surface area (TPSA) is 44.8 Å². The molecule has 3 aliphatic rings. The van der Waals surface area contributed by atoms with Gasteiger partial charge in [0.15, 0.2) is 0 Å². The number of hydrogen-bond donors (Lipinski definition) is 1. The summed E-state index contributed by atoms with van der Waals surface area (Å²) in [5.41, 5.74) is 0.534. The molecular weight excluding hydrogens is 266 g/mol. The van der Waals surface area contributed by atoms with Crippen molar-refractivity contribution in [3.05, 3.63) is 0 Å². The molecule has 5 nitrogen and oxygen atoms in total. The lowest BCUT2D eigenvalue weighted by Gasteiger charge is -2.44. The van der Waals surface area contributed by atoms with Crippen LogP contribution in [0.2, 0.25) is 0 Å². The third-order valence-electron chi connectivity index (χ3n) is 5.59. The second kappa shape index (κ2) is 7.07. The van der Waals surface area contributed by atoms with E-state index in [-0.39, 0.29) is 0 Å². The normalized spacial score (nSPS) is 27.0. The minimum absolute atomic E-state index is 0.352. The predicted octanol–water partition coefficient (Wildman–Crippen LogP) is 0.701. The maximum Gasteiger partial charge on any atom is 0.223 e. The summed E-state index contributed by atoms with van der Waals surface area (Å²) in [5, 5.41) is 3.45. The van der Waals surface area contributed by atoms with Crippen molar-refractivity contribution in [2.45, 2.75) is 32.1 Å². The number of carbonyl (C=O) groups excluding carboxylic acids is 1. The Morgan fingerprint density at radius 2 is 1.67 bits per heavy atom. The number of piperidine rings is 2. The number of hydrogen-bond acceptors (Lipinski definition) is 4. The molecule has 3 heterocycles. The van der Waals surface area contributed by atoms with Gasteiger partial charge in [-0.3, -0.25) is 9.69 Å². The summed E-state index contributed by atoms with van der Waals surface area (Å²) >= 11 is 0. The summed E-state index contributed by atoms with van der Waals surface area (Å²) in [6.45, 7) is 8.74. The second-order valence-corrected chi connectivity index (χ2v) is 6.83. The van der Waals surface area contributed by atoms with Crippen molar-refractivity contribution in [1.29, 1.82) is 0 Å². The Bertz CT molecular complexity index is 339. The van der Waals surface area contributed by atoms with Crippen LogP contribution < -0.4 is 5.32 Å². The molecule has 0 aliphatic carbocycles. The Labute approximate surface area is 128 Å². The molecule has 5 heteroatoms. The van der Waals surface area contributed by atoms with Crippen LogP contribution in [0.15, 0.2) is 0 Å². The molecule has 1 amide bonds. The number of ether oxygens (including phenoxy) is 1. The van der Waals surface area contributed by atoms with E-state index in [4.69, 9.17) is 4.74 Å². The number of nitrogens with one attached hydrogen (secondary N) is 1. The summed E-state index contributed by atoms with van der Waals surface area (Å²) in [5.74, 6) is 0.352. The predicted molar refractivity (Wildman–Crippen MR) is 82.2 cm³/mol. The van der Waals surface area contributed by atoms with Crippen LogP contribution in [-0.4, -0.2) is 74.7 Å². The zero-order valence-electron chi connectivity index (χ0n) is 13.1. The molecule has 3 aliphatic heterocycles.